The Balaban J connectivity index is 1.65. The molecule has 2 aliphatic rings. The second-order valence-corrected chi connectivity index (χ2v) is 6.74. The van der Waals surface area contributed by atoms with E-state index in [0.717, 1.165) is 51.9 Å². The van der Waals surface area contributed by atoms with Gasteiger partial charge in [0.25, 0.3) is 0 Å². The highest BCUT2D eigenvalue weighted by atomic mass is 16.5. The summed E-state index contributed by atoms with van der Waals surface area (Å²) >= 11 is 0. The third-order valence-corrected chi connectivity index (χ3v) is 5.11. The van der Waals surface area contributed by atoms with E-state index in [4.69, 9.17) is 4.74 Å². The number of morpholine rings is 1. The van der Waals surface area contributed by atoms with Crippen molar-refractivity contribution in [2.45, 2.75) is 57.7 Å². The first-order valence-electron chi connectivity index (χ1n) is 8.68. The topological polar surface area (TPSA) is 29.5 Å². The van der Waals surface area contributed by atoms with Crippen LogP contribution in [0, 0.1) is 5.92 Å². The minimum absolute atomic E-state index is 0.262. The van der Waals surface area contributed by atoms with Crippen molar-refractivity contribution in [1.29, 1.82) is 0 Å². The number of Topliss-reactive ketones (excluding diaryl/α,β-unsaturated/α-hetero) is 1. The molecule has 2 heterocycles. The molecule has 1 aromatic rings. The van der Waals surface area contributed by atoms with Gasteiger partial charge in [0.2, 0.25) is 0 Å². The Morgan fingerprint density at radius 2 is 1.86 bits per heavy atom. The minimum Gasteiger partial charge on any atom is -0.378 e. The average Bonchev–Trinajstić information content (AvgIpc) is 2.53. The van der Waals surface area contributed by atoms with Crippen molar-refractivity contribution in [3.63, 3.8) is 0 Å². The van der Waals surface area contributed by atoms with E-state index in [1.165, 1.54) is 5.56 Å². The first kappa shape index (κ1) is 15.7. The van der Waals surface area contributed by atoms with Crippen molar-refractivity contribution >= 4 is 5.78 Å². The molecule has 120 valence electrons. The second-order valence-electron chi connectivity index (χ2n) is 6.74. The van der Waals surface area contributed by atoms with Crippen LogP contribution in [0.5, 0.6) is 0 Å². The Morgan fingerprint density at radius 3 is 2.50 bits per heavy atom. The SMILES string of the molecule is CCCCC(=O)C1CC2COCC(C1)N2Cc1ccccc1. The van der Waals surface area contributed by atoms with Crippen LogP contribution in [0.4, 0.5) is 0 Å². The number of fused-ring (bicyclic) bond motifs is 2. The maximum atomic E-state index is 12.4. The van der Waals surface area contributed by atoms with Gasteiger partial charge in [-0.15, -0.1) is 0 Å². The lowest BCUT2D eigenvalue weighted by Gasteiger charge is -2.48. The van der Waals surface area contributed by atoms with E-state index in [-0.39, 0.29) is 5.92 Å². The highest BCUT2D eigenvalue weighted by molar-refractivity contribution is 5.81. The van der Waals surface area contributed by atoms with Crippen LogP contribution in [0.25, 0.3) is 0 Å². The number of rotatable bonds is 6. The van der Waals surface area contributed by atoms with Crippen molar-refractivity contribution < 1.29 is 9.53 Å². The van der Waals surface area contributed by atoms with Gasteiger partial charge in [-0.1, -0.05) is 43.7 Å². The van der Waals surface area contributed by atoms with Crippen LogP contribution in [0.2, 0.25) is 0 Å². The summed E-state index contributed by atoms with van der Waals surface area (Å²) in [7, 11) is 0. The molecule has 2 saturated heterocycles. The molecular weight excluding hydrogens is 274 g/mol. The van der Waals surface area contributed by atoms with E-state index < -0.39 is 0 Å². The number of benzene rings is 1. The smallest absolute Gasteiger partial charge is 0.136 e. The van der Waals surface area contributed by atoms with Crippen molar-refractivity contribution in [1.82, 2.24) is 4.90 Å². The van der Waals surface area contributed by atoms with Crippen LogP contribution in [0.15, 0.2) is 30.3 Å². The molecule has 0 aromatic heterocycles. The van der Waals surface area contributed by atoms with Gasteiger partial charge in [-0.05, 0) is 24.8 Å². The van der Waals surface area contributed by atoms with Gasteiger partial charge in [0, 0.05) is 31.0 Å². The first-order valence-corrected chi connectivity index (χ1v) is 8.68. The molecule has 2 bridgehead atoms. The largest absolute Gasteiger partial charge is 0.378 e. The molecule has 0 aliphatic carbocycles. The van der Waals surface area contributed by atoms with Crippen LogP contribution >= 0.6 is 0 Å². The van der Waals surface area contributed by atoms with E-state index in [1.807, 2.05) is 0 Å². The summed E-state index contributed by atoms with van der Waals surface area (Å²) in [6.07, 6.45) is 4.86. The van der Waals surface area contributed by atoms with E-state index in [9.17, 15) is 4.79 Å². The van der Waals surface area contributed by atoms with Crippen LogP contribution in [-0.4, -0.2) is 36.0 Å². The quantitative estimate of drug-likeness (QED) is 0.806. The fraction of sp³-hybridized carbons (Fsp3) is 0.632. The summed E-state index contributed by atoms with van der Waals surface area (Å²) < 4.78 is 5.76. The van der Waals surface area contributed by atoms with Crippen molar-refractivity contribution in [2.24, 2.45) is 5.92 Å². The predicted octanol–water partition coefficient (Wildman–Crippen LogP) is 3.43. The van der Waals surface area contributed by atoms with E-state index >= 15 is 0 Å². The van der Waals surface area contributed by atoms with Crippen molar-refractivity contribution in [3.05, 3.63) is 35.9 Å². The van der Waals surface area contributed by atoms with Crippen LogP contribution in [-0.2, 0) is 16.1 Å². The molecule has 22 heavy (non-hydrogen) atoms. The number of nitrogens with zero attached hydrogens (tertiary/aromatic N) is 1. The number of carbonyl (C=O) groups is 1. The number of piperidine rings is 1. The van der Waals surface area contributed by atoms with Gasteiger partial charge in [0.15, 0.2) is 0 Å². The van der Waals surface area contributed by atoms with Crippen LogP contribution < -0.4 is 0 Å². The van der Waals surface area contributed by atoms with Gasteiger partial charge in [-0.2, -0.15) is 0 Å². The maximum absolute atomic E-state index is 12.4. The Bertz CT molecular complexity index is 473. The summed E-state index contributed by atoms with van der Waals surface area (Å²) in [5.41, 5.74) is 1.36. The number of ketones is 1. The normalized spacial score (nSPS) is 28.5. The molecule has 3 heteroatoms. The zero-order chi connectivity index (χ0) is 15.4. The van der Waals surface area contributed by atoms with Gasteiger partial charge < -0.3 is 4.74 Å². The molecule has 0 spiro atoms. The molecule has 3 nitrogen and oxygen atoms in total. The lowest BCUT2D eigenvalue weighted by molar-refractivity contribution is -0.133. The van der Waals surface area contributed by atoms with Crippen molar-refractivity contribution in [3.8, 4) is 0 Å². The van der Waals surface area contributed by atoms with Gasteiger partial charge in [0.1, 0.15) is 5.78 Å². The molecular formula is C19H27NO2. The minimum atomic E-state index is 0.262. The zero-order valence-corrected chi connectivity index (χ0v) is 13.5. The van der Waals surface area contributed by atoms with E-state index in [0.29, 0.717) is 17.9 Å². The lowest BCUT2D eigenvalue weighted by Crippen LogP contribution is -2.57. The zero-order valence-electron chi connectivity index (χ0n) is 13.5. The molecule has 0 amide bonds. The van der Waals surface area contributed by atoms with Gasteiger partial charge in [0.05, 0.1) is 13.2 Å². The summed E-state index contributed by atoms with van der Waals surface area (Å²) in [5.74, 6) is 0.746. The molecule has 0 radical (unpaired) electrons. The molecule has 2 aliphatic heterocycles. The monoisotopic (exact) mass is 301 g/mol. The molecule has 0 saturated carbocycles. The second kappa shape index (κ2) is 7.38. The predicted molar refractivity (Wildman–Crippen MR) is 87.6 cm³/mol. The summed E-state index contributed by atoms with van der Waals surface area (Å²) in [6.45, 7) is 4.69. The van der Waals surface area contributed by atoms with E-state index in [1.54, 1.807) is 0 Å². The average molecular weight is 301 g/mol. The Hall–Kier alpha value is -1.19. The first-order chi connectivity index (χ1) is 10.8. The number of carbonyl (C=O) groups excluding carboxylic acids is 1. The molecule has 2 unspecified atom stereocenters. The van der Waals surface area contributed by atoms with Gasteiger partial charge >= 0.3 is 0 Å². The van der Waals surface area contributed by atoms with E-state index in [2.05, 4.69) is 42.2 Å². The van der Waals surface area contributed by atoms with Crippen LogP contribution in [0.3, 0.4) is 0 Å². The molecule has 3 rings (SSSR count). The Kier molecular flexibility index (Phi) is 5.27. The third-order valence-electron chi connectivity index (χ3n) is 5.11. The fourth-order valence-corrected chi connectivity index (χ4v) is 3.86. The number of ether oxygens (including phenoxy) is 1. The van der Waals surface area contributed by atoms with Crippen molar-refractivity contribution in [2.75, 3.05) is 13.2 Å². The van der Waals surface area contributed by atoms with Crippen LogP contribution in [0.1, 0.15) is 44.6 Å². The highest BCUT2D eigenvalue weighted by Crippen LogP contribution is 2.34. The summed E-state index contributed by atoms with van der Waals surface area (Å²) in [6, 6.07) is 11.5. The Morgan fingerprint density at radius 1 is 1.18 bits per heavy atom. The highest BCUT2D eigenvalue weighted by Gasteiger charge is 2.40. The number of hydrogen-bond donors (Lipinski definition) is 0. The fourth-order valence-electron chi connectivity index (χ4n) is 3.86. The molecule has 2 atom stereocenters. The Labute approximate surface area is 133 Å². The maximum Gasteiger partial charge on any atom is 0.136 e. The molecule has 2 fully saturated rings. The summed E-state index contributed by atoms with van der Waals surface area (Å²) in [4.78, 5) is 15.0. The molecule has 0 N–H and O–H groups in total. The standard InChI is InChI=1S/C19H27NO2/c1-2-3-9-19(21)16-10-17-13-22-14-18(11-16)20(17)12-15-7-5-4-6-8-15/h4-8,16-18H,2-3,9-14H2,1H3. The lowest BCUT2D eigenvalue weighted by atomic mass is 9.81. The third kappa shape index (κ3) is 3.58. The summed E-state index contributed by atoms with van der Waals surface area (Å²) in [5, 5.41) is 0. The number of unbranched alkanes of at least 4 members (excludes halogenated alkanes) is 1. The molecule has 1 aromatic carbocycles. The van der Waals surface area contributed by atoms with Gasteiger partial charge in [-0.25, -0.2) is 0 Å². The number of hydrogen-bond acceptors (Lipinski definition) is 3. The van der Waals surface area contributed by atoms with Gasteiger partial charge in [-0.3, -0.25) is 9.69 Å².